The van der Waals surface area contributed by atoms with Gasteiger partial charge in [-0.25, -0.2) is 0 Å². The molecule has 0 spiro atoms. The van der Waals surface area contributed by atoms with Crippen LogP contribution < -0.4 is 4.90 Å². The van der Waals surface area contributed by atoms with E-state index in [4.69, 9.17) is 0 Å². The lowest BCUT2D eigenvalue weighted by molar-refractivity contribution is -0.110. The van der Waals surface area contributed by atoms with Crippen molar-refractivity contribution in [2.24, 2.45) is 5.92 Å². The molecule has 0 fully saturated rings. The number of fused-ring (bicyclic) bond motifs is 1. The number of hydrogen-bond donors (Lipinski definition) is 0. The summed E-state index contributed by atoms with van der Waals surface area (Å²) < 4.78 is 0. The van der Waals surface area contributed by atoms with Gasteiger partial charge in [0.2, 0.25) is 0 Å². The third-order valence-electron chi connectivity index (χ3n) is 4.61. The van der Waals surface area contributed by atoms with E-state index in [1.807, 2.05) is 6.92 Å². The first kappa shape index (κ1) is 14.8. The van der Waals surface area contributed by atoms with Crippen LogP contribution in [0.2, 0.25) is 0 Å². The van der Waals surface area contributed by atoms with Crippen LogP contribution in [0, 0.1) is 12.8 Å². The molecule has 0 saturated carbocycles. The first-order valence-corrected chi connectivity index (χ1v) is 8.05. The van der Waals surface area contributed by atoms with Gasteiger partial charge in [-0.15, -0.1) is 0 Å². The topological polar surface area (TPSA) is 20.3 Å². The van der Waals surface area contributed by atoms with Gasteiger partial charge in [-0.1, -0.05) is 48.9 Å². The summed E-state index contributed by atoms with van der Waals surface area (Å²) in [4.78, 5) is 13.6. The van der Waals surface area contributed by atoms with E-state index in [0.717, 1.165) is 25.7 Å². The smallest absolute Gasteiger partial charge is 0.122 e. The summed E-state index contributed by atoms with van der Waals surface area (Å²) in [6.45, 7) is 5.13. The van der Waals surface area contributed by atoms with Crippen LogP contribution in [-0.4, -0.2) is 12.8 Å². The van der Waals surface area contributed by atoms with Gasteiger partial charge in [-0.05, 0) is 43.0 Å². The van der Waals surface area contributed by atoms with E-state index >= 15 is 0 Å². The highest BCUT2D eigenvalue weighted by Crippen LogP contribution is 2.37. The van der Waals surface area contributed by atoms with E-state index in [2.05, 4.69) is 60.4 Å². The SMILES string of the molecule is Cc1ccc(N2CCc3ccccc3C2CC(C)C=O)cc1. The minimum atomic E-state index is 0.0732. The van der Waals surface area contributed by atoms with E-state index < -0.39 is 0 Å². The van der Waals surface area contributed by atoms with E-state index in [1.165, 1.54) is 22.4 Å². The summed E-state index contributed by atoms with van der Waals surface area (Å²) in [7, 11) is 0. The monoisotopic (exact) mass is 293 g/mol. The van der Waals surface area contributed by atoms with Crippen molar-refractivity contribution in [1.82, 2.24) is 0 Å². The average Bonchev–Trinajstić information content (AvgIpc) is 2.56. The Kier molecular flexibility index (Phi) is 4.28. The lowest BCUT2D eigenvalue weighted by atomic mass is 9.87. The summed E-state index contributed by atoms with van der Waals surface area (Å²) in [6.07, 6.45) is 3.01. The number of carbonyl (C=O) groups excluding carboxylic acids is 1. The molecule has 114 valence electrons. The molecule has 2 aromatic carbocycles. The van der Waals surface area contributed by atoms with Gasteiger partial charge >= 0.3 is 0 Å². The predicted molar refractivity (Wildman–Crippen MR) is 91.3 cm³/mol. The Bertz CT molecular complexity index is 647. The number of hydrogen-bond acceptors (Lipinski definition) is 2. The maximum atomic E-state index is 11.2. The van der Waals surface area contributed by atoms with Gasteiger partial charge in [0.15, 0.2) is 0 Å². The van der Waals surface area contributed by atoms with E-state index in [1.54, 1.807) is 0 Å². The van der Waals surface area contributed by atoms with Crippen LogP contribution in [0.4, 0.5) is 5.69 Å². The van der Waals surface area contributed by atoms with Crippen LogP contribution in [0.5, 0.6) is 0 Å². The largest absolute Gasteiger partial charge is 0.364 e. The van der Waals surface area contributed by atoms with Crippen molar-refractivity contribution in [2.45, 2.75) is 32.7 Å². The Balaban J connectivity index is 1.98. The number of anilines is 1. The number of rotatable bonds is 4. The van der Waals surface area contributed by atoms with Crippen molar-refractivity contribution in [3.8, 4) is 0 Å². The zero-order valence-electron chi connectivity index (χ0n) is 13.3. The highest BCUT2D eigenvalue weighted by atomic mass is 16.1. The number of carbonyl (C=O) groups is 1. The molecule has 1 aliphatic rings. The van der Waals surface area contributed by atoms with E-state index in [-0.39, 0.29) is 12.0 Å². The molecule has 0 aliphatic carbocycles. The fourth-order valence-electron chi connectivity index (χ4n) is 3.36. The predicted octanol–water partition coefficient (Wildman–Crippen LogP) is 4.32. The minimum absolute atomic E-state index is 0.0732. The molecule has 0 radical (unpaired) electrons. The van der Waals surface area contributed by atoms with Crippen molar-refractivity contribution in [3.05, 3.63) is 65.2 Å². The molecule has 2 nitrogen and oxygen atoms in total. The standard InChI is InChI=1S/C20H23NO/c1-15-7-9-18(10-8-15)21-12-11-17-5-3-4-6-19(17)20(21)13-16(2)14-22/h3-10,14,16,20H,11-13H2,1-2H3. The number of aryl methyl sites for hydroxylation is 1. The molecular weight excluding hydrogens is 270 g/mol. The molecule has 2 heteroatoms. The zero-order chi connectivity index (χ0) is 15.5. The quantitative estimate of drug-likeness (QED) is 0.782. The first-order chi connectivity index (χ1) is 10.7. The maximum absolute atomic E-state index is 11.2. The van der Waals surface area contributed by atoms with Crippen molar-refractivity contribution in [2.75, 3.05) is 11.4 Å². The van der Waals surface area contributed by atoms with E-state index in [0.29, 0.717) is 0 Å². The summed E-state index contributed by atoms with van der Waals surface area (Å²) >= 11 is 0. The lowest BCUT2D eigenvalue weighted by Gasteiger charge is -2.40. The molecule has 0 N–H and O–H groups in total. The second kappa shape index (κ2) is 6.35. The first-order valence-electron chi connectivity index (χ1n) is 8.05. The summed E-state index contributed by atoms with van der Waals surface area (Å²) in [5.41, 5.74) is 5.33. The molecule has 2 atom stereocenters. The van der Waals surface area contributed by atoms with E-state index in [9.17, 15) is 4.79 Å². The highest BCUT2D eigenvalue weighted by Gasteiger charge is 2.28. The Labute approximate surface area is 132 Å². The van der Waals surface area contributed by atoms with Crippen molar-refractivity contribution in [3.63, 3.8) is 0 Å². The van der Waals surface area contributed by atoms with Crippen LogP contribution in [0.3, 0.4) is 0 Å². The van der Waals surface area contributed by atoms with Gasteiger partial charge < -0.3 is 9.69 Å². The van der Waals surface area contributed by atoms with Crippen LogP contribution in [0.1, 0.15) is 36.1 Å². The highest BCUT2D eigenvalue weighted by molar-refractivity contribution is 5.56. The Morgan fingerprint density at radius 2 is 1.91 bits per heavy atom. The van der Waals surface area contributed by atoms with Crippen molar-refractivity contribution < 1.29 is 4.79 Å². The second-order valence-corrected chi connectivity index (χ2v) is 6.34. The minimum Gasteiger partial charge on any atom is -0.364 e. The molecule has 2 aromatic rings. The Hall–Kier alpha value is -2.09. The summed E-state index contributed by atoms with van der Waals surface area (Å²) in [5.74, 6) is 0.0732. The van der Waals surface area contributed by atoms with Gasteiger partial charge in [0.05, 0.1) is 6.04 Å². The molecule has 0 bridgehead atoms. The normalized spacial score (nSPS) is 18.6. The van der Waals surface area contributed by atoms with Crippen LogP contribution in [-0.2, 0) is 11.2 Å². The molecule has 0 amide bonds. The maximum Gasteiger partial charge on any atom is 0.122 e. The van der Waals surface area contributed by atoms with Crippen molar-refractivity contribution in [1.29, 1.82) is 0 Å². The van der Waals surface area contributed by atoms with Crippen LogP contribution in [0.15, 0.2) is 48.5 Å². The number of nitrogens with zero attached hydrogens (tertiary/aromatic N) is 1. The fraction of sp³-hybridized carbons (Fsp3) is 0.350. The number of benzene rings is 2. The molecule has 1 heterocycles. The number of aldehydes is 1. The van der Waals surface area contributed by atoms with Crippen LogP contribution in [0.25, 0.3) is 0 Å². The molecule has 22 heavy (non-hydrogen) atoms. The molecule has 0 saturated heterocycles. The third kappa shape index (κ3) is 2.92. The Morgan fingerprint density at radius 1 is 1.18 bits per heavy atom. The second-order valence-electron chi connectivity index (χ2n) is 6.34. The molecule has 1 aliphatic heterocycles. The van der Waals surface area contributed by atoms with Gasteiger partial charge in [0, 0.05) is 18.2 Å². The fourth-order valence-corrected chi connectivity index (χ4v) is 3.36. The van der Waals surface area contributed by atoms with Gasteiger partial charge in [-0.3, -0.25) is 0 Å². The lowest BCUT2D eigenvalue weighted by Crippen LogP contribution is -2.36. The summed E-state index contributed by atoms with van der Waals surface area (Å²) in [6, 6.07) is 17.7. The summed E-state index contributed by atoms with van der Waals surface area (Å²) in [5, 5.41) is 0. The van der Waals surface area contributed by atoms with Crippen molar-refractivity contribution >= 4 is 12.0 Å². The van der Waals surface area contributed by atoms with Gasteiger partial charge in [-0.2, -0.15) is 0 Å². The molecular formula is C20H23NO. The molecule has 2 unspecified atom stereocenters. The van der Waals surface area contributed by atoms with Gasteiger partial charge in [0.1, 0.15) is 6.29 Å². The third-order valence-corrected chi connectivity index (χ3v) is 4.61. The molecule has 3 rings (SSSR count). The zero-order valence-corrected chi connectivity index (χ0v) is 13.3. The average molecular weight is 293 g/mol. The molecule has 0 aromatic heterocycles. The Morgan fingerprint density at radius 3 is 2.64 bits per heavy atom. The van der Waals surface area contributed by atoms with Crippen LogP contribution >= 0.6 is 0 Å². The van der Waals surface area contributed by atoms with Gasteiger partial charge in [0.25, 0.3) is 0 Å².